The van der Waals surface area contributed by atoms with Gasteiger partial charge in [0.15, 0.2) is 0 Å². The Morgan fingerprint density at radius 1 is 1.00 bits per heavy atom. The standard InChI is InChI=1S/C26H29FN2/c1-3-7-21-10-12-23(13-11-21)25-18-24(26-19-28-16-17-29-26)15-14-22(25)9-6-4-5-8-20(2)27/h3,10-20H,1,4-9H2,2H3. The van der Waals surface area contributed by atoms with Crippen molar-refractivity contribution in [3.05, 3.63) is 84.8 Å². The highest BCUT2D eigenvalue weighted by Crippen LogP contribution is 2.30. The minimum atomic E-state index is -0.703. The molecule has 0 saturated heterocycles. The summed E-state index contributed by atoms with van der Waals surface area (Å²) in [7, 11) is 0. The average Bonchev–Trinajstić information content (AvgIpc) is 2.75. The Labute approximate surface area is 173 Å². The van der Waals surface area contributed by atoms with Gasteiger partial charge in [-0.1, -0.05) is 55.3 Å². The van der Waals surface area contributed by atoms with E-state index < -0.39 is 6.17 Å². The van der Waals surface area contributed by atoms with E-state index >= 15 is 0 Å². The predicted octanol–water partition coefficient (Wildman–Crippen LogP) is 7.00. The zero-order valence-electron chi connectivity index (χ0n) is 17.2. The summed E-state index contributed by atoms with van der Waals surface area (Å²) >= 11 is 0. The lowest BCUT2D eigenvalue weighted by atomic mass is 9.92. The van der Waals surface area contributed by atoms with Crippen molar-refractivity contribution in [2.24, 2.45) is 0 Å². The fourth-order valence-corrected chi connectivity index (χ4v) is 3.58. The van der Waals surface area contributed by atoms with Crippen molar-refractivity contribution in [3.8, 4) is 22.4 Å². The van der Waals surface area contributed by atoms with Crippen molar-refractivity contribution < 1.29 is 4.39 Å². The highest BCUT2D eigenvalue weighted by molar-refractivity contribution is 5.74. The maximum absolute atomic E-state index is 13.0. The molecule has 29 heavy (non-hydrogen) atoms. The second-order valence-electron chi connectivity index (χ2n) is 7.53. The Bertz CT molecular complexity index is 902. The Hall–Kier alpha value is -2.81. The molecule has 0 fully saturated rings. The summed E-state index contributed by atoms with van der Waals surface area (Å²) in [5.41, 5.74) is 6.96. The topological polar surface area (TPSA) is 25.8 Å². The SMILES string of the molecule is C=CCc1ccc(-c2cc(-c3cnccn3)ccc2CCCCCC(C)F)cc1. The van der Waals surface area contributed by atoms with Gasteiger partial charge in [-0.05, 0) is 60.9 Å². The lowest BCUT2D eigenvalue weighted by Crippen LogP contribution is -1.95. The van der Waals surface area contributed by atoms with Gasteiger partial charge in [0.05, 0.1) is 18.1 Å². The van der Waals surface area contributed by atoms with E-state index in [1.807, 2.05) is 6.08 Å². The van der Waals surface area contributed by atoms with Crippen LogP contribution in [0.15, 0.2) is 73.7 Å². The van der Waals surface area contributed by atoms with Crippen LogP contribution in [0.4, 0.5) is 4.39 Å². The third kappa shape index (κ3) is 6.08. The van der Waals surface area contributed by atoms with E-state index in [2.05, 4.69) is 59.0 Å². The molecule has 1 heterocycles. The molecule has 0 aliphatic heterocycles. The number of rotatable bonds is 10. The molecule has 0 saturated carbocycles. The zero-order valence-corrected chi connectivity index (χ0v) is 17.2. The smallest absolute Gasteiger partial charge is 0.0973 e. The molecule has 0 radical (unpaired) electrons. The van der Waals surface area contributed by atoms with Gasteiger partial charge in [-0.15, -0.1) is 6.58 Å². The Kier molecular flexibility index (Phi) is 7.69. The van der Waals surface area contributed by atoms with Crippen molar-refractivity contribution in [3.63, 3.8) is 0 Å². The summed E-state index contributed by atoms with van der Waals surface area (Å²) in [6.45, 7) is 5.46. The molecular weight excluding hydrogens is 359 g/mol. The first kappa shape index (κ1) is 20.9. The summed E-state index contributed by atoms with van der Waals surface area (Å²) < 4.78 is 13.0. The number of halogens is 1. The predicted molar refractivity (Wildman–Crippen MR) is 120 cm³/mol. The van der Waals surface area contributed by atoms with E-state index in [-0.39, 0.29) is 0 Å². The molecule has 1 atom stereocenters. The Morgan fingerprint density at radius 2 is 1.79 bits per heavy atom. The van der Waals surface area contributed by atoms with Gasteiger partial charge in [-0.2, -0.15) is 0 Å². The molecule has 3 heteroatoms. The van der Waals surface area contributed by atoms with Gasteiger partial charge in [0.1, 0.15) is 0 Å². The lowest BCUT2D eigenvalue weighted by Gasteiger charge is -2.13. The Morgan fingerprint density at radius 3 is 2.48 bits per heavy atom. The van der Waals surface area contributed by atoms with Gasteiger partial charge in [0, 0.05) is 18.0 Å². The third-order valence-electron chi connectivity index (χ3n) is 5.16. The van der Waals surface area contributed by atoms with Gasteiger partial charge in [-0.25, -0.2) is 4.39 Å². The van der Waals surface area contributed by atoms with Crippen molar-refractivity contribution >= 4 is 0 Å². The van der Waals surface area contributed by atoms with Gasteiger partial charge >= 0.3 is 0 Å². The van der Waals surface area contributed by atoms with Gasteiger partial charge < -0.3 is 0 Å². The number of alkyl halides is 1. The van der Waals surface area contributed by atoms with Gasteiger partial charge in [0.2, 0.25) is 0 Å². The molecule has 3 aromatic rings. The lowest BCUT2D eigenvalue weighted by molar-refractivity contribution is 0.330. The van der Waals surface area contributed by atoms with Crippen LogP contribution in [0.1, 0.15) is 43.7 Å². The third-order valence-corrected chi connectivity index (χ3v) is 5.16. The number of hydrogen-bond donors (Lipinski definition) is 0. The van der Waals surface area contributed by atoms with Crippen LogP contribution in [0.25, 0.3) is 22.4 Å². The second kappa shape index (κ2) is 10.7. The number of unbranched alkanes of at least 4 members (excludes halogenated alkanes) is 2. The van der Waals surface area contributed by atoms with E-state index in [1.165, 1.54) is 22.3 Å². The molecule has 3 rings (SSSR count). The maximum Gasteiger partial charge on any atom is 0.0973 e. The summed E-state index contributed by atoms with van der Waals surface area (Å²) in [6, 6.07) is 15.2. The van der Waals surface area contributed by atoms with Crippen molar-refractivity contribution in [2.75, 3.05) is 0 Å². The highest BCUT2D eigenvalue weighted by Gasteiger charge is 2.09. The molecule has 0 aliphatic carbocycles. The second-order valence-corrected chi connectivity index (χ2v) is 7.53. The molecule has 0 N–H and O–H groups in total. The van der Waals surface area contributed by atoms with Crippen LogP contribution in [-0.4, -0.2) is 16.1 Å². The maximum atomic E-state index is 13.0. The molecule has 0 bridgehead atoms. The van der Waals surface area contributed by atoms with Crippen molar-refractivity contribution in [2.45, 2.75) is 51.6 Å². The van der Waals surface area contributed by atoms with E-state index in [0.717, 1.165) is 43.4 Å². The van der Waals surface area contributed by atoms with Crippen LogP contribution in [0.2, 0.25) is 0 Å². The minimum absolute atomic E-state index is 0.656. The minimum Gasteiger partial charge on any atom is -0.261 e. The summed E-state index contributed by atoms with van der Waals surface area (Å²) in [5.74, 6) is 0. The van der Waals surface area contributed by atoms with E-state index in [9.17, 15) is 4.39 Å². The number of benzene rings is 2. The normalized spacial score (nSPS) is 11.9. The van der Waals surface area contributed by atoms with Crippen molar-refractivity contribution in [1.29, 1.82) is 0 Å². The molecule has 2 aromatic carbocycles. The molecule has 1 aromatic heterocycles. The molecular formula is C26H29FN2. The summed E-state index contributed by atoms with van der Waals surface area (Å²) in [4.78, 5) is 8.65. The fraction of sp³-hybridized carbons (Fsp3) is 0.308. The van der Waals surface area contributed by atoms with Gasteiger partial charge in [0.25, 0.3) is 0 Å². The van der Waals surface area contributed by atoms with Crippen LogP contribution >= 0.6 is 0 Å². The average molecular weight is 389 g/mol. The van der Waals surface area contributed by atoms with E-state index in [0.29, 0.717) is 6.42 Å². The van der Waals surface area contributed by atoms with Crippen LogP contribution in [0.3, 0.4) is 0 Å². The monoisotopic (exact) mass is 388 g/mol. The first-order valence-electron chi connectivity index (χ1n) is 10.4. The first-order valence-corrected chi connectivity index (χ1v) is 10.4. The Balaban J connectivity index is 1.85. The fourth-order valence-electron chi connectivity index (χ4n) is 3.58. The zero-order chi connectivity index (χ0) is 20.5. The van der Waals surface area contributed by atoms with Crippen LogP contribution in [0.5, 0.6) is 0 Å². The number of hydrogen-bond acceptors (Lipinski definition) is 2. The molecule has 0 spiro atoms. The molecule has 2 nitrogen and oxygen atoms in total. The van der Waals surface area contributed by atoms with E-state index in [4.69, 9.17) is 0 Å². The van der Waals surface area contributed by atoms with Gasteiger partial charge in [-0.3, -0.25) is 9.97 Å². The molecule has 1 unspecified atom stereocenters. The molecule has 0 amide bonds. The van der Waals surface area contributed by atoms with Crippen LogP contribution in [-0.2, 0) is 12.8 Å². The summed E-state index contributed by atoms with van der Waals surface area (Å²) in [6.07, 6.45) is 12.0. The number of allylic oxidation sites excluding steroid dienone is 1. The van der Waals surface area contributed by atoms with E-state index in [1.54, 1.807) is 25.5 Å². The summed E-state index contributed by atoms with van der Waals surface area (Å²) in [5, 5.41) is 0. The number of nitrogens with zero attached hydrogens (tertiary/aromatic N) is 2. The quantitative estimate of drug-likeness (QED) is 0.276. The number of aromatic nitrogens is 2. The largest absolute Gasteiger partial charge is 0.261 e. The highest BCUT2D eigenvalue weighted by atomic mass is 19.1. The molecule has 0 aliphatic rings. The molecule has 150 valence electrons. The van der Waals surface area contributed by atoms with Crippen LogP contribution in [0, 0.1) is 0 Å². The first-order chi connectivity index (χ1) is 14.2. The van der Waals surface area contributed by atoms with Crippen molar-refractivity contribution in [1.82, 2.24) is 9.97 Å². The van der Waals surface area contributed by atoms with Crippen LogP contribution < -0.4 is 0 Å². The number of aryl methyl sites for hydroxylation is 1.